The van der Waals surface area contributed by atoms with Gasteiger partial charge in [0.25, 0.3) is 0 Å². The summed E-state index contributed by atoms with van der Waals surface area (Å²) in [5.41, 5.74) is 3.56. The Bertz CT molecular complexity index is 789. The number of pyridine rings is 1. The van der Waals surface area contributed by atoms with Gasteiger partial charge in [-0.15, -0.1) is 12.4 Å². The molecule has 0 unspecified atom stereocenters. The van der Waals surface area contributed by atoms with E-state index in [2.05, 4.69) is 4.98 Å². The number of rotatable bonds is 2. The quantitative estimate of drug-likeness (QED) is 0.679. The van der Waals surface area contributed by atoms with Crippen molar-refractivity contribution in [1.29, 1.82) is 0 Å². The van der Waals surface area contributed by atoms with Gasteiger partial charge in [0.1, 0.15) is 0 Å². The van der Waals surface area contributed by atoms with Crippen molar-refractivity contribution in [3.05, 3.63) is 59.9 Å². The molecule has 0 aliphatic rings. The molecule has 0 atom stereocenters. The average molecular weight is 304 g/mol. The van der Waals surface area contributed by atoms with Gasteiger partial charge in [-0.2, -0.15) is 0 Å². The van der Waals surface area contributed by atoms with Crippen molar-refractivity contribution < 1.29 is 9.13 Å². The molecule has 1 heterocycles. The largest absolute Gasteiger partial charge is 0.494 e. The monoisotopic (exact) mass is 303 g/mol. The molecular formula is C17H15ClFNO. The highest BCUT2D eigenvalue weighted by atomic mass is 35.5. The molecule has 4 heteroatoms. The van der Waals surface area contributed by atoms with Gasteiger partial charge in [0.15, 0.2) is 11.6 Å². The number of aromatic nitrogens is 1. The van der Waals surface area contributed by atoms with Gasteiger partial charge < -0.3 is 4.74 Å². The third-order valence-electron chi connectivity index (χ3n) is 3.37. The van der Waals surface area contributed by atoms with Crippen molar-refractivity contribution >= 4 is 23.3 Å². The maximum Gasteiger partial charge on any atom is 0.165 e. The Balaban J connectivity index is 0.00000161. The lowest BCUT2D eigenvalue weighted by Crippen LogP contribution is -1.91. The molecule has 0 amide bonds. The van der Waals surface area contributed by atoms with Gasteiger partial charge in [0.05, 0.1) is 18.3 Å². The number of aryl methyl sites for hydroxylation is 1. The molecule has 108 valence electrons. The molecule has 0 aliphatic carbocycles. The normalized spacial score (nSPS) is 10.2. The molecule has 2 aromatic carbocycles. The fourth-order valence-corrected chi connectivity index (χ4v) is 2.32. The number of methoxy groups -OCH3 is 1. The lowest BCUT2D eigenvalue weighted by atomic mass is 10.0. The first-order valence-electron chi connectivity index (χ1n) is 6.39. The number of benzene rings is 2. The Morgan fingerprint density at radius 2 is 1.81 bits per heavy atom. The molecule has 3 aromatic rings. The zero-order chi connectivity index (χ0) is 14.1. The number of halogens is 2. The molecule has 0 saturated heterocycles. The third kappa shape index (κ3) is 2.83. The van der Waals surface area contributed by atoms with E-state index in [1.807, 2.05) is 43.3 Å². The minimum absolute atomic E-state index is 0. The highest BCUT2D eigenvalue weighted by molar-refractivity contribution is 5.85. The lowest BCUT2D eigenvalue weighted by Gasteiger charge is -2.08. The Kier molecular flexibility index (Phi) is 4.43. The first-order chi connectivity index (χ1) is 9.69. The molecule has 0 fully saturated rings. The number of fused-ring (bicyclic) bond motifs is 1. The zero-order valence-electron chi connectivity index (χ0n) is 11.8. The molecule has 2 nitrogen and oxygen atoms in total. The molecule has 0 saturated carbocycles. The molecule has 3 rings (SSSR count). The Labute approximate surface area is 129 Å². The summed E-state index contributed by atoms with van der Waals surface area (Å²) < 4.78 is 18.7. The Morgan fingerprint density at radius 3 is 2.52 bits per heavy atom. The first kappa shape index (κ1) is 15.3. The lowest BCUT2D eigenvalue weighted by molar-refractivity contribution is 0.386. The van der Waals surface area contributed by atoms with Gasteiger partial charge in [0.2, 0.25) is 0 Å². The van der Waals surface area contributed by atoms with E-state index in [9.17, 15) is 4.39 Å². The maximum atomic E-state index is 13.8. The fourth-order valence-electron chi connectivity index (χ4n) is 2.32. The predicted molar refractivity (Wildman–Crippen MR) is 85.7 cm³/mol. The second-order valence-corrected chi connectivity index (χ2v) is 4.69. The van der Waals surface area contributed by atoms with Crippen molar-refractivity contribution in [2.45, 2.75) is 6.92 Å². The van der Waals surface area contributed by atoms with E-state index in [4.69, 9.17) is 4.74 Å². The number of hydrogen-bond acceptors (Lipinski definition) is 2. The Morgan fingerprint density at radius 1 is 1.05 bits per heavy atom. The van der Waals surface area contributed by atoms with Crippen LogP contribution >= 0.6 is 12.4 Å². The van der Waals surface area contributed by atoms with Gasteiger partial charge >= 0.3 is 0 Å². The van der Waals surface area contributed by atoms with Crippen molar-refractivity contribution in [2.24, 2.45) is 0 Å². The molecule has 0 aliphatic heterocycles. The summed E-state index contributed by atoms with van der Waals surface area (Å²) in [6.07, 6.45) is 0. The third-order valence-corrected chi connectivity index (χ3v) is 3.37. The molecule has 21 heavy (non-hydrogen) atoms. The van der Waals surface area contributed by atoms with E-state index in [0.717, 1.165) is 27.7 Å². The van der Waals surface area contributed by atoms with E-state index in [-0.39, 0.29) is 24.0 Å². The van der Waals surface area contributed by atoms with Crippen molar-refractivity contribution in [1.82, 2.24) is 4.98 Å². The van der Waals surface area contributed by atoms with Crippen molar-refractivity contribution in [3.63, 3.8) is 0 Å². The van der Waals surface area contributed by atoms with Crippen molar-refractivity contribution in [2.75, 3.05) is 7.11 Å². The number of ether oxygens (including phenoxy) is 1. The van der Waals surface area contributed by atoms with E-state index in [1.54, 1.807) is 6.07 Å². The van der Waals surface area contributed by atoms with Crippen LogP contribution in [0, 0.1) is 12.7 Å². The summed E-state index contributed by atoms with van der Waals surface area (Å²) in [5.74, 6) is -0.135. The van der Waals surface area contributed by atoms with Gasteiger partial charge in [0, 0.05) is 10.9 Å². The van der Waals surface area contributed by atoms with Gasteiger partial charge in [-0.05, 0) is 42.8 Å². The summed E-state index contributed by atoms with van der Waals surface area (Å²) in [6, 6.07) is 14.8. The number of nitrogens with zero attached hydrogens (tertiary/aromatic N) is 1. The minimum Gasteiger partial charge on any atom is -0.494 e. The molecule has 0 bridgehead atoms. The van der Waals surface area contributed by atoms with E-state index in [1.165, 1.54) is 13.2 Å². The topological polar surface area (TPSA) is 22.1 Å². The molecule has 0 spiro atoms. The van der Waals surface area contributed by atoms with Crippen LogP contribution in [0.15, 0.2) is 48.5 Å². The molecule has 0 radical (unpaired) electrons. The van der Waals surface area contributed by atoms with E-state index >= 15 is 0 Å². The van der Waals surface area contributed by atoms with Crippen LogP contribution in [-0.4, -0.2) is 12.1 Å². The summed E-state index contributed by atoms with van der Waals surface area (Å²) in [5, 5.41) is 1.12. The van der Waals surface area contributed by atoms with E-state index in [0.29, 0.717) is 0 Å². The van der Waals surface area contributed by atoms with Gasteiger partial charge in [-0.3, -0.25) is 0 Å². The van der Waals surface area contributed by atoms with Crippen LogP contribution in [0.3, 0.4) is 0 Å². The highest BCUT2D eigenvalue weighted by Crippen LogP contribution is 2.27. The second kappa shape index (κ2) is 6.10. The summed E-state index contributed by atoms with van der Waals surface area (Å²) >= 11 is 0. The van der Waals surface area contributed by atoms with Crippen LogP contribution in [0.1, 0.15) is 5.56 Å². The van der Waals surface area contributed by atoms with Crippen LogP contribution < -0.4 is 4.74 Å². The van der Waals surface area contributed by atoms with Crippen molar-refractivity contribution in [3.8, 4) is 17.0 Å². The summed E-state index contributed by atoms with van der Waals surface area (Å²) in [4.78, 5) is 4.60. The average Bonchev–Trinajstić information content (AvgIpc) is 2.47. The van der Waals surface area contributed by atoms with Crippen LogP contribution in [0.5, 0.6) is 5.75 Å². The standard InChI is InChI=1S/C17H14FNO.ClH/c1-11-9-16(19-15-6-4-3-5-13(11)15)12-7-8-17(20-2)14(18)10-12;/h3-10H,1-2H3;1H. The summed E-state index contributed by atoms with van der Waals surface area (Å²) in [7, 11) is 1.45. The predicted octanol–water partition coefficient (Wildman–Crippen LogP) is 4.78. The SMILES string of the molecule is COc1ccc(-c2cc(C)c3ccccc3n2)cc1F.Cl. The van der Waals surface area contributed by atoms with Crippen LogP contribution in [0.25, 0.3) is 22.2 Å². The fraction of sp³-hybridized carbons (Fsp3) is 0.118. The van der Waals surface area contributed by atoms with Gasteiger partial charge in [-0.1, -0.05) is 18.2 Å². The first-order valence-corrected chi connectivity index (χ1v) is 6.39. The number of para-hydroxylation sites is 1. The smallest absolute Gasteiger partial charge is 0.165 e. The molecular weight excluding hydrogens is 289 g/mol. The molecule has 1 aromatic heterocycles. The van der Waals surface area contributed by atoms with Crippen LogP contribution in [0.4, 0.5) is 4.39 Å². The second-order valence-electron chi connectivity index (χ2n) is 4.69. The highest BCUT2D eigenvalue weighted by Gasteiger charge is 2.08. The molecule has 0 N–H and O–H groups in total. The minimum atomic E-state index is -0.377. The van der Waals surface area contributed by atoms with Crippen LogP contribution in [-0.2, 0) is 0 Å². The maximum absolute atomic E-state index is 13.8. The summed E-state index contributed by atoms with van der Waals surface area (Å²) in [6.45, 7) is 2.04. The number of hydrogen-bond donors (Lipinski definition) is 0. The Hall–Kier alpha value is -2.13. The van der Waals surface area contributed by atoms with Gasteiger partial charge in [-0.25, -0.2) is 9.37 Å². The van der Waals surface area contributed by atoms with E-state index < -0.39 is 0 Å². The zero-order valence-corrected chi connectivity index (χ0v) is 12.6. The van der Waals surface area contributed by atoms with Crippen LogP contribution in [0.2, 0.25) is 0 Å².